The van der Waals surface area contributed by atoms with E-state index in [9.17, 15) is 15.0 Å². The number of fused-ring (bicyclic) bond motifs is 3. The molecule has 0 aliphatic carbocycles. The van der Waals surface area contributed by atoms with Gasteiger partial charge in [-0.15, -0.1) is 0 Å². The maximum atomic E-state index is 11.8. The average Bonchev–Trinajstić information content (AvgIpc) is 2.83. The van der Waals surface area contributed by atoms with Crippen molar-refractivity contribution in [2.45, 2.75) is 36.4 Å². The Morgan fingerprint density at radius 2 is 2.11 bits per heavy atom. The summed E-state index contributed by atoms with van der Waals surface area (Å²) < 4.78 is 11.3. The first-order valence-electron chi connectivity index (χ1n) is 6.20. The molecule has 1 amide bonds. The molecule has 4 saturated heterocycles. The quantitative estimate of drug-likeness (QED) is 0.518. The lowest BCUT2D eigenvalue weighted by Crippen LogP contribution is -2.80. The Morgan fingerprint density at radius 1 is 1.33 bits per heavy atom. The number of nitrogens with zero attached hydrogens (tertiary/aromatic N) is 1. The number of carbonyl (C=O) groups is 1. The van der Waals surface area contributed by atoms with Gasteiger partial charge in [-0.05, 0) is 6.42 Å². The van der Waals surface area contributed by atoms with Gasteiger partial charge in [0.2, 0.25) is 5.91 Å². The molecule has 0 radical (unpaired) electrons. The molecule has 7 heteroatoms. The highest BCUT2D eigenvalue weighted by atomic mass is 16.6. The van der Waals surface area contributed by atoms with Gasteiger partial charge in [0.15, 0.2) is 5.72 Å². The van der Waals surface area contributed by atoms with E-state index < -0.39 is 23.5 Å². The molecular weight excluding hydrogens is 240 g/mol. The van der Waals surface area contributed by atoms with Gasteiger partial charge in [-0.3, -0.25) is 4.79 Å². The van der Waals surface area contributed by atoms with Crippen molar-refractivity contribution in [3.8, 4) is 0 Å². The van der Waals surface area contributed by atoms with Crippen LogP contribution in [0.3, 0.4) is 0 Å². The molecule has 0 aromatic heterocycles. The van der Waals surface area contributed by atoms with Crippen molar-refractivity contribution in [1.29, 1.82) is 0 Å². The van der Waals surface area contributed by atoms with Crippen molar-refractivity contribution < 1.29 is 24.5 Å². The van der Waals surface area contributed by atoms with Crippen molar-refractivity contribution in [2.24, 2.45) is 5.73 Å². The van der Waals surface area contributed by atoms with Crippen molar-refractivity contribution in [3.63, 3.8) is 0 Å². The number of amides is 1. The molecule has 18 heavy (non-hydrogen) atoms. The molecule has 4 atom stereocenters. The van der Waals surface area contributed by atoms with Gasteiger partial charge in [-0.1, -0.05) is 0 Å². The minimum absolute atomic E-state index is 0.0498. The summed E-state index contributed by atoms with van der Waals surface area (Å²) in [6.45, 7) is 0.719. The van der Waals surface area contributed by atoms with Gasteiger partial charge in [-0.2, -0.15) is 0 Å². The van der Waals surface area contributed by atoms with E-state index in [4.69, 9.17) is 15.2 Å². The second kappa shape index (κ2) is 3.88. The van der Waals surface area contributed by atoms with E-state index in [1.54, 1.807) is 0 Å². The smallest absolute Gasteiger partial charge is 0.225 e. The SMILES string of the molecule is NC[C@@]12COC(N3CCCC3=O)(CO1)[C@@H](O)[C@H]2O. The molecule has 0 aromatic rings. The topological polar surface area (TPSA) is 105 Å². The summed E-state index contributed by atoms with van der Waals surface area (Å²) in [6.07, 6.45) is -1.16. The molecule has 4 heterocycles. The largest absolute Gasteiger partial charge is 0.387 e. The number of aliphatic hydroxyl groups excluding tert-OH is 2. The molecule has 0 aromatic carbocycles. The zero-order valence-electron chi connectivity index (χ0n) is 10.0. The first kappa shape index (κ1) is 12.3. The Morgan fingerprint density at radius 3 is 2.61 bits per heavy atom. The maximum Gasteiger partial charge on any atom is 0.225 e. The van der Waals surface area contributed by atoms with E-state index in [1.807, 2.05) is 0 Å². The van der Waals surface area contributed by atoms with E-state index >= 15 is 0 Å². The zero-order chi connectivity index (χ0) is 13.0. The van der Waals surface area contributed by atoms with Crippen molar-refractivity contribution in [3.05, 3.63) is 0 Å². The molecule has 4 aliphatic rings. The van der Waals surface area contributed by atoms with Crippen LogP contribution >= 0.6 is 0 Å². The van der Waals surface area contributed by atoms with Gasteiger partial charge >= 0.3 is 0 Å². The summed E-state index contributed by atoms with van der Waals surface area (Å²) in [7, 11) is 0. The van der Waals surface area contributed by atoms with Crippen molar-refractivity contribution in [1.82, 2.24) is 4.90 Å². The summed E-state index contributed by atoms with van der Waals surface area (Å²) in [5.41, 5.74) is 3.30. The Kier molecular flexibility index (Phi) is 2.65. The van der Waals surface area contributed by atoms with E-state index in [1.165, 1.54) is 4.90 Å². The monoisotopic (exact) mass is 258 g/mol. The van der Waals surface area contributed by atoms with Crippen LogP contribution in [0.2, 0.25) is 0 Å². The Labute approximate surface area is 104 Å². The Hall–Kier alpha value is -0.730. The van der Waals surface area contributed by atoms with Gasteiger partial charge in [0.25, 0.3) is 0 Å². The van der Waals surface area contributed by atoms with Crippen LogP contribution in [0.5, 0.6) is 0 Å². The van der Waals surface area contributed by atoms with Crippen LogP contribution in [-0.2, 0) is 14.3 Å². The first-order chi connectivity index (χ1) is 8.56. The van der Waals surface area contributed by atoms with Gasteiger partial charge in [0.1, 0.15) is 17.8 Å². The fraction of sp³-hybridized carbons (Fsp3) is 0.909. The molecule has 2 bridgehead atoms. The molecule has 4 fully saturated rings. The van der Waals surface area contributed by atoms with Crippen molar-refractivity contribution >= 4 is 5.91 Å². The van der Waals surface area contributed by atoms with E-state index in [-0.39, 0.29) is 25.7 Å². The molecule has 4 N–H and O–H groups in total. The molecule has 7 nitrogen and oxygen atoms in total. The van der Waals surface area contributed by atoms with Gasteiger partial charge < -0.3 is 30.3 Å². The van der Waals surface area contributed by atoms with E-state index in [2.05, 4.69) is 0 Å². The van der Waals surface area contributed by atoms with Crippen LogP contribution in [-0.4, -0.2) is 70.9 Å². The fourth-order valence-electron chi connectivity index (χ4n) is 3.06. The van der Waals surface area contributed by atoms with Crippen LogP contribution in [0.4, 0.5) is 0 Å². The molecule has 4 aliphatic heterocycles. The summed E-state index contributed by atoms with van der Waals surface area (Å²) in [6, 6.07) is 0. The molecule has 0 spiro atoms. The molecule has 102 valence electrons. The molecule has 4 rings (SSSR count). The summed E-state index contributed by atoms with van der Waals surface area (Å²) in [5, 5.41) is 20.4. The minimum Gasteiger partial charge on any atom is -0.387 e. The summed E-state index contributed by atoms with van der Waals surface area (Å²) in [4.78, 5) is 13.3. The molecule has 1 unspecified atom stereocenters. The number of rotatable bonds is 2. The normalized spacial score (nSPS) is 47.9. The predicted octanol–water partition coefficient (Wildman–Crippen LogP) is -2.22. The van der Waals surface area contributed by atoms with Gasteiger partial charge in [-0.25, -0.2) is 0 Å². The lowest BCUT2D eigenvalue weighted by atomic mass is 9.81. The van der Waals surface area contributed by atoms with Crippen LogP contribution in [0.25, 0.3) is 0 Å². The number of carbonyl (C=O) groups excluding carboxylic acids is 1. The molecule has 0 saturated carbocycles. The number of hydrogen-bond acceptors (Lipinski definition) is 6. The summed E-state index contributed by atoms with van der Waals surface area (Å²) in [5.74, 6) is -0.0769. The lowest BCUT2D eigenvalue weighted by Gasteiger charge is -2.59. The lowest BCUT2D eigenvalue weighted by molar-refractivity contribution is -0.381. The third kappa shape index (κ3) is 1.33. The third-order valence-electron chi connectivity index (χ3n) is 4.31. The number of hydrogen-bond donors (Lipinski definition) is 3. The number of aliphatic hydroxyl groups is 2. The van der Waals surface area contributed by atoms with E-state index in [0.29, 0.717) is 13.0 Å². The van der Waals surface area contributed by atoms with Crippen molar-refractivity contribution in [2.75, 3.05) is 26.3 Å². The first-order valence-corrected chi connectivity index (χ1v) is 6.20. The number of likely N-dealkylation sites (tertiary alicyclic amines) is 1. The second-order valence-electron chi connectivity index (χ2n) is 5.23. The Bertz CT molecular complexity index is 366. The highest BCUT2D eigenvalue weighted by molar-refractivity contribution is 5.79. The highest BCUT2D eigenvalue weighted by Crippen LogP contribution is 2.43. The van der Waals surface area contributed by atoms with Crippen LogP contribution < -0.4 is 5.73 Å². The number of nitrogens with two attached hydrogens (primary N) is 1. The van der Waals surface area contributed by atoms with Crippen LogP contribution in [0, 0.1) is 0 Å². The van der Waals surface area contributed by atoms with E-state index in [0.717, 1.165) is 6.42 Å². The minimum atomic E-state index is -1.25. The summed E-state index contributed by atoms with van der Waals surface area (Å²) >= 11 is 0. The van der Waals surface area contributed by atoms with Gasteiger partial charge in [0.05, 0.1) is 13.2 Å². The molecular formula is C11H18N2O5. The standard InChI is InChI=1S/C11H18N2O5/c12-4-10-5-18-11(6-17-10,9(16)8(10)15)13-3-1-2-7(13)14/h8-9,15-16H,1-6,12H2/t8-,9+,10+,11?/m1/s1. The third-order valence-corrected chi connectivity index (χ3v) is 4.31. The number of ether oxygens (including phenoxy) is 2. The Balaban J connectivity index is 1.93. The van der Waals surface area contributed by atoms with Crippen LogP contribution in [0.15, 0.2) is 0 Å². The average molecular weight is 258 g/mol. The predicted molar refractivity (Wildman–Crippen MR) is 59.4 cm³/mol. The maximum absolute atomic E-state index is 11.8. The second-order valence-corrected chi connectivity index (χ2v) is 5.23. The highest BCUT2D eigenvalue weighted by Gasteiger charge is 2.65. The fourth-order valence-corrected chi connectivity index (χ4v) is 3.06. The zero-order valence-corrected chi connectivity index (χ0v) is 10.0. The van der Waals surface area contributed by atoms with Crippen LogP contribution in [0.1, 0.15) is 12.8 Å². The van der Waals surface area contributed by atoms with Gasteiger partial charge in [0, 0.05) is 19.5 Å².